The van der Waals surface area contributed by atoms with Gasteiger partial charge >= 0.3 is 0 Å². The number of ketones is 1. The molecule has 0 aromatic carbocycles. The standard InChI is InChI=1S/C24H34N6O3.H2/c1-5-19(18-11-16(4)27-12-15(18)3)30-20(6-2)22(31)14-29-21(23(25)24(26)32)13-28-17-7-9-33-10-8-17;/h5-6,11,13,15,17,29H,1,7-10,12,14,25H2,2-4H3,(H2,26,32);1H/b20-6-,23-21+,28-13?,30-19?;. The van der Waals surface area contributed by atoms with Crippen molar-refractivity contribution < 1.29 is 15.8 Å². The Labute approximate surface area is 196 Å². The van der Waals surface area contributed by atoms with Gasteiger partial charge in [-0.2, -0.15) is 0 Å². The number of carbonyl (C=O) groups excluding carboxylic acids is 2. The molecule has 0 saturated carbocycles. The quantitative estimate of drug-likeness (QED) is 0.339. The molecule has 33 heavy (non-hydrogen) atoms. The number of nitrogens with zero attached hydrogens (tertiary/aromatic N) is 3. The molecular weight excluding hydrogens is 420 g/mol. The maximum Gasteiger partial charge on any atom is 0.266 e. The lowest BCUT2D eigenvalue weighted by Crippen LogP contribution is -2.32. The van der Waals surface area contributed by atoms with Gasteiger partial charge in [0.2, 0.25) is 0 Å². The summed E-state index contributed by atoms with van der Waals surface area (Å²) in [6.07, 6.45) is 8.26. The van der Waals surface area contributed by atoms with Crippen LogP contribution < -0.4 is 16.8 Å². The van der Waals surface area contributed by atoms with Crippen LogP contribution in [0.1, 0.15) is 35.0 Å². The second kappa shape index (κ2) is 12.6. The van der Waals surface area contributed by atoms with E-state index < -0.39 is 5.91 Å². The number of ether oxygens (including phenoxy) is 1. The summed E-state index contributed by atoms with van der Waals surface area (Å²) in [6.45, 7) is 11.4. The predicted molar refractivity (Wildman–Crippen MR) is 134 cm³/mol. The zero-order valence-electron chi connectivity index (χ0n) is 19.6. The van der Waals surface area contributed by atoms with Gasteiger partial charge < -0.3 is 21.5 Å². The summed E-state index contributed by atoms with van der Waals surface area (Å²) in [5, 5.41) is 2.90. The van der Waals surface area contributed by atoms with Gasteiger partial charge in [-0.1, -0.05) is 19.6 Å². The van der Waals surface area contributed by atoms with E-state index in [0.29, 0.717) is 25.5 Å². The van der Waals surface area contributed by atoms with E-state index in [1.807, 2.05) is 13.0 Å². The number of nitrogens with one attached hydrogen (secondary N) is 1. The third kappa shape index (κ3) is 7.64. The Morgan fingerprint density at radius 2 is 2.06 bits per heavy atom. The third-order valence-corrected chi connectivity index (χ3v) is 5.40. The first-order chi connectivity index (χ1) is 15.8. The molecule has 1 unspecified atom stereocenters. The van der Waals surface area contributed by atoms with Gasteiger partial charge in [0.1, 0.15) is 11.4 Å². The molecule has 1 amide bonds. The van der Waals surface area contributed by atoms with E-state index >= 15 is 0 Å². The Morgan fingerprint density at radius 3 is 2.67 bits per heavy atom. The lowest BCUT2D eigenvalue weighted by atomic mass is 9.93. The number of primary amides is 1. The molecule has 2 aliphatic rings. The first-order valence-corrected chi connectivity index (χ1v) is 11.0. The molecule has 1 atom stereocenters. The molecule has 0 spiro atoms. The molecule has 1 fully saturated rings. The molecule has 9 nitrogen and oxygen atoms in total. The molecule has 0 bridgehead atoms. The van der Waals surface area contributed by atoms with Crippen LogP contribution in [-0.2, 0) is 14.3 Å². The minimum absolute atomic E-state index is 0. The highest BCUT2D eigenvalue weighted by molar-refractivity contribution is 6.15. The molecule has 2 aliphatic heterocycles. The Morgan fingerprint density at radius 1 is 1.36 bits per heavy atom. The third-order valence-electron chi connectivity index (χ3n) is 5.40. The number of hydrogen-bond acceptors (Lipinski definition) is 8. The summed E-state index contributed by atoms with van der Waals surface area (Å²) in [5.74, 6) is -0.902. The van der Waals surface area contributed by atoms with Gasteiger partial charge in [0.05, 0.1) is 24.0 Å². The Balaban J connectivity index is 0.00000578. The average Bonchev–Trinajstić information content (AvgIpc) is 2.81. The van der Waals surface area contributed by atoms with E-state index in [9.17, 15) is 9.59 Å². The maximum absolute atomic E-state index is 12.9. The summed E-state index contributed by atoms with van der Waals surface area (Å²) in [5.41, 5.74) is 14.0. The summed E-state index contributed by atoms with van der Waals surface area (Å²) >= 11 is 0. The van der Waals surface area contributed by atoms with E-state index in [1.54, 1.807) is 19.1 Å². The van der Waals surface area contributed by atoms with Crippen LogP contribution >= 0.6 is 0 Å². The topological polar surface area (TPSA) is 145 Å². The highest BCUT2D eigenvalue weighted by atomic mass is 16.5. The number of allylic oxidation sites excluding steroid dienone is 4. The van der Waals surface area contributed by atoms with Crippen LogP contribution in [0, 0.1) is 5.92 Å². The number of amides is 1. The molecular formula is C24H36N6O3. The van der Waals surface area contributed by atoms with Crippen LogP contribution in [-0.4, -0.2) is 61.7 Å². The van der Waals surface area contributed by atoms with Gasteiger partial charge in [0.25, 0.3) is 5.91 Å². The van der Waals surface area contributed by atoms with Crippen LogP contribution in [0.25, 0.3) is 0 Å². The number of dihydropyridines is 1. The van der Waals surface area contributed by atoms with Gasteiger partial charge in [-0.15, -0.1) is 0 Å². The SMILES string of the molecule is C=CC(=N/C(=C\C)C(=O)CN/C(C=NC1CCOCC1)=C(/N)C(N)=O)C1=CC(C)=NCC1C.[HH]. The molecule has 0 aromatic rings. The zero-order valence-corrected chi connectivity index (χ0v) is 19.6. The molecule has 0 radical (unpaired) electrons. The van der Waals surface area contributed by atoms with Crippen LogP contribution in [0.5, 0.6) is 0 Å². The molecule has 0 aliphatic carbocycles. The lowest BCUT2D eigenvalue weighted by molar-refractivity contribution is -0.115. The van der Waals surface area contributed by atoms with E-state index in [-0.39, 0.29) is 42.8 Å². The molecule has 180 valence electrons. The second-order valence-corrected chi connectivity index (χ2v) is 7.95. The van der Waals surface area contributed by atoms with Crippen LogP contribution in [0.3, 0.4) is 0 Å². The Hall–Kier alpha value is -3.33. The maximum atomic E-state index is 12.9. The molecule has 1 saturated heterocycles. The fraction of sp³-hybridized carbons (Fsp3) is 0.458. The fourth-order valence-corrected chi connectivity index (χ4v) is 3.39. The van der Waals surface area contributed by atoms with Gasteiger partial charge in [-0.05, 0) is 44.4 Å². The fourth-order valence-electron chi connectivity index (χ4n) is 3.39. The summed E-state index contributed by atoms with van der Waals surface area (Å²) in [7, 11) is 0. The number of carbonyl (C=O) groups is 2. The second-order valence-electron chi connectivity index (χ2n) is 7.95. The van der Waals surface area contributed by atoms with Gasteiger partial charge in [-0.3, -0.25) is 19.6 Å². The predicted octanol–water partition coefficient (Wildman–Crippen LogP) is 1.86. The van der Waals surface area contributed by atoms with Crippen molar-refractivity contribution >= 4 is 29.3 Å². The molecule has 2 heterocycles. The number of hydrogen-bond donors (Lipinski definition) is 3. The van der Waals surface area contributed by atoms with Crippen LogP contribution in [0.2, 0.25) is 0 Å². The summed E-state index contributed by atoms with van der Waals surface area (Å²) in [4.78, 5) is 38.0. The van der Waals surface area contributed by atoms with Crippen LogP contribution in [0.4, 0.5) is 0 Å². The molecule has 9 heteroatoms. The first kappa shape index (κ1) is 25.9. The Kier molecular flexibility index (Phi) is 9.93. The Bertz CT molecular complexity index is 956. The zero-order chi connectivity index (χ0) is 24.4. The van der Waals surface area contributed by atoms with Gasteiger partial charge in [-0.25, -0.2) is 4.99 Å². The number of aliphatic imine (C=N–C) groups is 3. The highest BCUT2D eigenvalue weighted by Crippen LogP contribution is 2.20. The number of rotatable bonds is 10. The van der Waals surface area contributed by atoms with Crippen LogP contribution in [0.15, 0.2) is 62.4 Å². The van der Waals surface area contributed by atoms with E-state index in [2.05, 4.69) is 33.8 Å². The van der Waals surface area contributed by atoms with Crippen molar-refractivity contribution in [2.75, 3.05) is 26.3 Å². The minimum atomic E-state index is -0.795. The van der Waals surface area contributed by atoms with Gasteiger partial charge in [0, 0.05) is 39.0 Å². The van der Waals surface area contributed by atoms with Crippen molar-refractivity contribution in [1.29, 1.82) is 0 Å². The van der Waals surface area contributed by atoms with Crippen molar-refractivity contribution in [3.05, 3.63) is 47.5 Å². The smallest absolute Gasteiger partial charge is 0.266 e. The molecule has 5 N–H and O–H groups in total. The first-order valence-electron chi connectivity index (χ1n) is 11.0. The summed E-state index contributed by atoms with van der Waals surface area (Å²) in [6, 6.07) is 0.0653. The van der Waals surface area contributed by atoms with E-state index in [1.165, 1.54) is 6.21 Å². The van der Waals surface area contributed by atoms with Gasteiger partial charge in [0.15, 0.2) is 5.78 Å². The number of nitrogens with two attached hydrogens (primary N) is 2. The largest absolute Gasteiger partial charge is 0.393 e. The highest BCUT2D eigenvalue weighted by Gasteiger charge is 2.19. The van der Waals surface area contributed by atoms with Crippen molar-refractivity contribution in [1.82, 2.24) is 5.32 Å². The normalized spacial score (nSPS) is 21.2. The lowest BCUT2D eigenvalue weighted by Gasteiger charge is -2.19. The summed E-state index contributed by atoms with van der Waals surface area (Å²) < 4.78 is 5.33. The van der Waals surface area contributed by atoms with Crippen molar-refractivity contribution in [3.63, 3.8) is 0 Å². The minimum Gasteiger partial charge on any atom is -0.393 e. The van der Waals surface area contributed by atoms with Crippen molar-refractivity contribution in [3.8, 4) is 0 Å². The average molecular weight is 457 g/mol. The molecule has 2 rings (SSSR count). The van der Waals surface area contributed by atoms with Crippen molar-refractivity contribution in [2.45, 2.75) is 39.7 Å². The van der Waals surface area contributed by atoms with E-state index in [4.69, 9.17) is 16.2 Å². The van der Waals surface area contributed by atoms with E-state index in [0.717, 1.165) is 24.1 Å². The monoisotopic (exact) mass is 456 g/mol. The van der Waals surface area contributed by atoms with Crippen molar-refractivity contribution in [2.24, 2.45) is 32.4 Å². The molecule has 0 aromatic heterocycles. The number of Topliss-reactive ketones (excluding diaryl/α,β-unsaturated/α-hetero) is 1.